The average molecular weight is 336 g/mol. The molecule has 3 nitrogen and oxygen atoms in total. The van der Waals surface area contributed by atoms with Crippen molar-refractivity contribution in [3.63, 3.8) is 0 Å². The third-order valence-corrected chi connectivity index (χ3v) is 3.41. The highest BCUT2D eigenvalue weighted by Gasteiger charge is 2.16. The Kier molecular flexibility index (Phi) is 6.25. The normalized spacial score (nSPS) is 11.7. The number of esters is 1. The number of allylic oxidation sites excluding steroid dienone is 5. The molecule has 0 aliphatic heterocycles. The van der Waals surface area contributed by atoms with E-state index in [-0.39, 0.29) is 0 Å². The fourth-order valence-corrected chi connectivity index (χ4v) is 2.04. The summed E-state index contributed by atoms with van der Waals surface area (Å²) in [5, 5.41) is 0.612. The van der Waals surface area contributed by atoms with Gasteiger partial charge in [0.15, 0.2) is 0 Å². The number of hydrogen-bond donors (Lipinski definition) is 1. The Labute approximate surface area is 127 Å². The summed E-state index contributed by atoms with van der Waals surface area (Å²) >= 11 is 3.39. The van der Waals surface area contributed by atoms with Crippen molar-refractivity contribution in [1.29, 1.82) is 0 Å². The molecule has 0 amide bonds. The van der Waals surface area contributed by atoms with Gasteiger partial charge in [-0.25, -0.2) is 4.79 Å². The number of rotatable bonds is 5. The number of carbonyl (C=O) groups is 1. The number of benzene rings is 1. The lowest BCUT2D eigenvalue weighted by atomic mass is 9.94. The smallest absolute Gasteiger partial charge is 0.338 e. The second kappa shape index (κ2) is 7.70. The average Bonchev–Trinajstić information content (AvgIpc) is 2.47. The lowest BCUT2D eigenvalue weighted by Gasteiger charge is -2.13. The first-order valence-electron chi connectivity index (χ1n) is 6.10. The van der Waals surface area contributed by atoms with E-state index in [1.54, 1.807) is 12.1 Å². The maximum absolute atomic E-state index is 11.9. The molecule has 0 spiro atoms. The van der Waals surface area contributed by atoms with Gasteiger partial charge in [0.1, 0.15) is 0 Å². The number of nitrogen functional groups attached to an aromatic ring is 1. The summed E-state index contributed by atoms with van der Waals surface area (Å²) in [5.74, 6) is -0.416. The van der Waals surface area contributed by atoms with E-state index in [0.717, 1.165) is 16.7 Å². The second-order valence-electron chi connectivity index (χ2n) is 4.14. The minimum atomic E-state index is -0.416. The molecule has 0 radical (unpaired) electrons. The van der Waals surface area contributed by atoms with E-state index in [2.05, 4.69) is 22.5 Å². The van der Waals surface area contributed by atoms with Crippen LogP contribution in [-0.2, 0) is 4.74 Å². The van der Waals surface area contributed by atoms with E-state index in [9.17, 15) is 4.79 Å². The van der Waals surface area contributed by atoms with Crippen LogP contribution in [0.15, 0.2) is 48.6 Å². The van der Waals surface area contributed by atoms with Gasteiger partial charge in [-0.2, -0.15) is 0 Å². The standard InChI is InChI=1S/C16H18BrNO2/c1-4-5-6-13(11(2)10-17)14-8-7-12(18)9-15(14)16(19)20-3/h4-9H,2,10,18H2,1,3H3/b5-4-,13-6+. The molecular formula is C16H18BrNO2. The van der Waals surface area contributed by atoms with Gasteiger partial charge in [-0.3, -0.25) is 0 Å². The predicted octanol–water partition coefficient (Wildman–Crippen LogP) is 3.97. The molecule has 0 bridgehead atoms. The summed E-state index contributed by atoms with van der Waals surface area (Å²) in [6.07, 6.45) is 5.73. The molecule has 20 heavy (non-hydrogen) atoms. The minimum absolute atomic E-state index is 0.416. The van der Waals surface area contributed by atoms with E-state index in [1.165, 1.54) is 7.11 Å². The quantitative estimate of drug-likeness (QED) is 0.383. The Bertz CT molecular complexity index is 574. The summed E-state index contributed by atoms with van der Waals surface area (Å²) in [6.45, 7) is 5.94. The Morgan fingerprint density at radius 3 is 2.70 bits per heavy atom. The molecule has 0 unspecified atom stereocenters. The third-order valence-electron chi connectivity index (χ3n) is 2.74. The van der Waals surface area contributed by atoms with Crippen LogP contribution < -0.4 is 5.73 Å². The van der Waals surface area contributed by atoms with Crippen molar-refractivity contribution >= 4 is 33.2 Å². The van der Waals surface area contributed by atoms with Gasteiger partial charge < -0.3 is 10.5 Å². The summed E-state index contributed by atoms with van der Waals surface area (Å²) in [4.78, 5) is 11.9. The topological polar surface area (TPSA) is 52.3 Å². The van der Waals surface area contributed by atoms with Crippen LogP contribution in [0.1, 0.15) is 22.8 Å². The van der Waals surface area contributed by atoms with E-state index in [0.29, 0.717) is 16.6 Å². The SMILES string of the molecule is C=C(CBr)/C(=C\C=C/C)c1ccc(N)cc1C(=O)OC. The molecule has 1 aromatic rings. The number of hydrogen-bond acceptors (Lipinski definition) is 3. The lowest BCUT2D eigenvalue weighted by molar-refractivity contribution is 0.0600. The van der Waals surface area contributed by atoms with E-state index in [4.69, 9.17) is 10.5 Å². The highest BCUT2D eigenvalue weighted by atomic mass is 79.9. The summed E-state index contributed by atoms with van der Waals surface area (Å²) in [5.41, 5.74) is 9.22. The molecule has 0 atom stereocenters. The minimum Gasteiger partial charge on any atom is -0.465 e. The van der Waals surface area contributed by atoms with Crippen LogP contribution in [0, 0.1) is 0 Å². The molecule has 4 heteroatoms. The first-order chi connectivity index (χ1) is 9.54. The highest BCUT2D eigenvalue weighted by Crippen LogP contribution is 2.28. The van der Waals surface area contributed by atoms with Gasteiger partial charge >= 0.3 is 5.97 Å². The molecule has 106 valence electrons. The van der Waals surface area contributed by atoms with Crippen molar-refractivity contribution in [2.75, 3.05) is 18.2 Å². The van der Waals surface area contributed by atoms with Gasteiger partial charge in [0, 0.05) is 11.0 Å². The van der Waals surface area contributed by atoms with E-state index < -0.39 is 5.97 Å². The van der Waals surface area contributed by atoms with Crippen LogP contribution in [0.25, 0.3) is 5.57 Å². The number of ether oxygens (including phenoxy) is 1. The van der Waals surface area contributed by atoms with Crippen LogP contribution in [0.5, 0.6) is 0 Å². The largest absolute Gasteiger partial charge is 0.465 e. The molecule has 0 aliphatic carbocycles. The Morgan fingerprint density at radius 2 is 2.15 bits per heavy atom. The number of alkyl halides is 1. The first-order valence-corrected chi connectivity index (χ1v) is 7.22. The van der Waals surface area contributed by atoms with Crippen LogP contribution >= 0.6 is 15.9 Å². The van der Waals surface area contributed by atoms with Crippen LogP contribution in [0.3, 0.4) is 0 Å². The van der Waals surface area contributed by atoms with Crippen LogP contribution in [0.2, 0.25) is 0 Å². The molecule has 1 aromatic carbocycles. The van der Waals surface area contributed by atoms with Crippen molar-refractivity contribution in [3.8, 4) is 0 Å². The number of methoxy groups -OCH3 is 1. The van der Waals surface area contributed by atoms with Crippen LogP contribution in [0.4, 0.5) is 5.69 Å². The van der Waals surface area contributed by atoms with Gasteiger partial charge in [0.2, 0.25) is 0 Å². The summed E-state index contributed by atoms with van der Waals surface area (Å²) in [6, 6.07) is 5.18. The molecule has 0 aliphatic rings. The molecule has 0 aromatic heterocycles. The maximum atomic E-state index is 11.9. The predicted molar refractivity (Wildman–Crippen MR) is 87.9 cm³/mol. The summed E-state index contributed by atoms with van der Waals surface area (Å²) < 4.78 is 4.82. The van der Waals surface area contributed by atoms with E-state index in [1.807, 2.05) is 31.2 Å². The van der Waals surface area contributed by atoms with E-state index >= 15 is 0 Å². The zero-order valence-corrected chi connectivity index (χ0v) is 13.2. The third kappa shape index (κ3) is 3.84. The highest BCUT2D eigenvalue weighted by molar-refractivity contribution is 9.09. The first kappa shape index (κ1) is 16.2. The zero-order valence-electron chi connectivity index (χ0n) is 11.7. The molecular weight excluding hydrogens is 318 g/mol. The number of carbonyl (C=O) groups excluding carboxylic acids is 1. The van der Waals surface area contributed by atoms with Crippen molar-refractivity contribution in [2.24, 2.45) is 0 Å². The van der Waals surface area contributed by atoms with Crippen molar-refractivity contribution in [3.05, 3.63) is 59.7 Å². The fraction of sp³-hybridized carbons (Fsp3) is 0.188. The van der Waals surface area contributed by atoms with Gasteiger partial charge in [-0.15, -0.1) is 0 Å². The molecule has 0 fully saturated rings. The molecule has 2 N–H and O–H groups in total. The van der Waals surface area contributed by atoms with Gasteiger partial charge in [-0.1, -0.05) is 46.8 Å². The van der Waals surface area contributed by atoms with Crippen molar-refractivity contribution < 1.29 is 9.53 Å². The maximum Gasteiger partial charge on any atom is 0.338 e. The molecule has 0 saturated heterocycles. The van der Waals surface area contributed by atoms with Gasteiger partial charge in [0.05, 0.1) is 12.7 Å². The number of nitrogens with two attached hydrogens (primary N) is 1. The number of anilines is 1. The molecule has 0 heterocycles. The van der Waals surface area contributed by atoms with Gasteiger partial charge in [-0.05, 0) is 35.8 Å². The van der Waals surface area contributed by atoms with Gasteiger partial charge in [0.25, 0.3) is 0 Å². The lowest BCUT2D eigenvalue weighted by Crippen LogP contribution is -2.07. The monoisotopic (exact) mass is 335 g/mol. The second-order valence-corrected chi connectivity index (χ2v) is 4.70. The fourth-order valence-electron chi connectivity index (χ4n) is 1.74. The Hall–Kier alpha value is -1.81. The Balaban J connectivity index is 3.47. The van der Waals surface area contributed by atoms with Crippen molar-refractivity contribution in [2.45, 2.75) is 6.92 Å². The van der Waals surface area contributed by atoms with Crippen LogP contribution in [-0.4, -0.2) is 18.4 Å². The number of halogens is 1. The van der Waals surface area contributed by atoms with Crippen molar-refractivity contribution in [1.82, 2.24) is 0 Å². The Morgan fingerprint density at radius 1 is 1.45 bits per heavy atom. The molecule has 1 rings (SSSR count). The summed E-state index contributed by atoms with van der Waals surface area (Å²) in [7, 11) is 1.35. The molecule has 0 saturated carbocycles. The zero-order chi connectivity index (χ0) is 15.1.